The lowest BCUT2D eigenvalue weighted by Crippen LogP contribution is -2.42. The lowest BCUT2D eigenvalue weighted by molar-refractivity contribution is -0.148. The van der Waals surface area contributed by atoms with Crippen LogP contribution in [-0.4, -0.2) is 30.6 Å². The Kier molecular flexibility index (Phi) is 7.19. The monoisotopic (exact) mass is 389 g/mol. The third-order valence-electron chi connectivity index (χ3n) is 3.48. The van der Waals surface area contributed by atoms with Gasteiger partial charge >= 0.3 is 12.0 Å². The lowest BCUT2D eigenvalue weighted by Gasteiger charge is -2.14. The predicted molar refractivity (Wildman–Crippen MR) is 104 cm³/mol. The molecule has 3 N–H and O–H groups in total. The van der Waals surface area contributed by atoms with E-state index in [0.29, 0.717) is 16.4 Å². The van der Waals surface area contributed by atoms with Crippen LogP contribution in [0.4, 0.5) is 16.2 Å². The molecular formula is C19H20ClN3O4. The first-order chi connectivity index (χ1) is 12.8. The fraction of sp³-hybridized carbons (Fsp3) is 0.211. The molecule has 0 aromatic heterocycles. The molecule has 8 heteroatoms. The van der Waals surface area contributed by atoms with Crippen molar-refractivity contribution < 1.29 is 19.1 Å². The number of rotatable bonds is 6. The van der Waals surface area contributed by atoms with Gasteiger partial charge in [-0.05, 0) is 43.7 Å². The molecule has 0 unspecified atom stereocenters. The van der Waals surface area contributed by atoms with Gasteiger partial charge in [0.15, 0.2) is 6.61 Å². The number of carbonyl (C=O) groups is 3. The predicted octanol–water partition coefficient (Wildman–Crippen LogP) is 3.34. The van der Waals surface area contributed by atoms with Crippen LogP contribution in [0, 0.1) is 6.92 Å². The van der Waals surface area contributed by atoms with Crippen LogP contribution >= 0.6 is 11.6 Å². The number of anilines is 2. The van der Waals surface area contributed by atoms with Gasteiger partial charge in [0, 0.05) is 5.69 Å². The molecule has 0 saturated carbocycles. The highest BCUT2D eigenvalue weighted by Gasteiger charge is 2.18. The molecule has 27 heavy (non-hydrogen) atoms. The summed E-state index contributed by atoms with van der Waals surface area (Å²) >= 11 is 6.03. The van der Waals surface area contributed by atoms with Crippen molar-refractivity contribution in [2.75, 3.05) is 17.2 Å². The van der Waals surface area contributed by atoms with E-state index in [-0.39, 0.29) is 0 Å². The molecule has 7 nitrogen and oxygen atoms in total. The molecule has 2 aromatic carbocycles. The first-order valence-corrected chi connectivity index (χ1v) is 8.58. The first-order valence-electron chi connectivity index (χ1n) is 8.20. The van der Waals surface area contributed by atoms with E-state index in [1.54, 1.807) is 42.5 Å². The van der Waals surface area contributed by atoms with E-state index < -0.39 is 30.6 Å². The van der Waals surface area contributed by atoms with Gasteiger partial charge in [-0.3, -0.25) is 4.79 Å². The lowest BCUT2D eigenvalue weighted by atomic mass is 10.2. The maximum Gasteiger partial charge on any atom is 0.328 e. The van der Waals surface area contributed by atoms with Gasteiger partial charge in [-0.25, -0.2) is 9.59 Å². The SMILES string of the molecule is Cc1ccc(NC(=O)COC(=O)[C@H](C)NC(=O)Nc2ccccc2)c(Cl)c1. The first kappa shape index (κ1) is 20.3. The average Bonchev–Trinajstić information content (AvgIpc) is 2.62. The number of carbonyl (C=O) groups excluding carboxylic acids is 3. The second kappa shape index (κ2) is 9.59. The fourth-order valence-electron chi connectivity index (χ4n) is 2.11. The largest absolute Gasteiger partial charge is 0.454 e. The number of para-hydroxylation sites is 1. The van der Waals surface area contributed by atoms with Crippen LogP contribution in [-0.2, 0) is 14.3 Å². The summed E-state index contributed by atoms with van der Waals surface area (Å²) in [6.07, 6.45) is 0. The highest BCUT2D eigenvalue weighted by Crippen LogP contribution is 2.22. The number of hydrogen-bond donors (Lipinski definition) is 3. The maximum absolute atomic E-state index is 11.9. The second-order valence-corrected chi connectivity index (χ2v) is 6.23. The van der Waals surface area contributed by atoms with E-state index in [1.807, 2.05) is 13.0 Å². The van der Waals surface area contributed by atoms with Crippen molar-refractivity contribution in [2.45, 2.75) is 19.9 Å². The van der Waals surface area contributed by atoms with E-state index >= 15 is 0 Å². The minimum Gasteiger partial charge on any atom is -0.454 e. The molecule has 1 atom stereocenters. The zero-order valence-corrected chi connectivity index (χ0v) is 15.7. The number of amides is 3. The summed E-state index contributed by atoms with van der Waals surface area (Å²) in [4.78, 5) is 35.7. The zero-order valence-electron chi connectivity index (χ0n) is 14.9. The smallest absolute Gasteiger partial charge is 0.328 e. The van der Waals surface area contributed by atoms with E-state index in [2.05, 4.69) is 16.0 Å². The van der Waals surface area contributed by atoms with Crippen molar-refractivity contribution >= 4 is 40.9 Å². The van der Waals surface area contributed by atoms with Crippen LogP contribution in [0.2, 0.25) is 5.02 Å². The summed E-state index contributed by atoms with van der Waals surface area (Å²) in [7, 11) is 0. The van der Waals surface area contributed by atoms with Gasteiger partial charge in [0.05, 0.1) is 10.7 Å². The van der Waals surface area contributed by atoms with Crippen LogP contribution < -0.4 is 16.0 Å². The molecule has 0 bridgehead atoms. The number of ether oxygens (including phenoxy) is 1. The fourth-order valence-corrected chi connectivity index (χ4v) is 2.40. The van der Waals surface area contributed by atoms with Gasteiger partial charge in [-0.15, -0.1) is 0 Å². The van der Waals surface area contributed by atoms with Crippen LogP contribution in [0.5, 0.6) is 0 Å². The normalized spacial score (nSPS) is 11.2. The Morgan fingerprint density at radius 1 is 1.07 bits per heavy atom. The number of urea groups is 1. The summed E-state index contributed by atoms with van der Waals surface area (Å²) in [5.74, 6) is -1.27. The van der Waals surface area contributed by atoms with Crippen molar-refractivity contribution in [1.29, 1.82) is 0 Å². The summed E-state index contributed by atoms with van der Waals surface area (Å²) in [5, 5.41) is 7.97. The highest BCUT2D eigenvalue weighted by molar-refractivity contribution is 6.33. The average molecular weight is 390 g/mol. The molecule has 0 spiro atoms. The summed E-state index contributed by atoms with van der Waals surface area (Å²) in [6.45, 7) is 2.85. The molecule has 0 aliphatic heterocycles. The van der Waals surface area contributed by atoms with Gasteiger partial charge in [0.1, 0.15) is 6.04 Å². The molecule has 0 aliphatic rings. The van der Waals surface area contributed by atoms with E-state index in [1.165, 1.54) is 6.92 Å². The number of hydrogen-bond acceptors (Lipinski definition) is 4. The van der Waals surface area contributed by atoms with E-state index in [9.17, 15) is 14.4 Å². The molecule has 0 aliphatic carbocycles. The molecular weight excluding hydrogens is 370 g/mol. The minimum absolute atomic E-state index is 0.391. The minimum atomic E-state index is -0.926. The Morgan fingerprint density at radius 3 is 2.44 bits per heavy atom. The molecule has 2 aromatic rings. The molecule has 0 heterocycles. The quantitative estimate of drug-likeness (QED) is 0.660. The Balaban J connectivity index is 1.76. The molecule has 0 saturated heterocycles. The number of halogens is 1. The third-order valence-corrected chi connectivity index (χ3v) is 3.79. The zero-order chi connectivity index (χ0) is 19.8. The van der Waals surface area contributed by atoms with Crippen LogP contribution in [0.3, 0.4) is 0 Å². The van der Waals surface area contributed by atoms with Crippen LogP contribution in [0.25, 0.3) is 0 Å². The van der Waals surface area contributed by atoms with E-state index in [4.69, 9.17) is 16.3 Å². The number of aryl methyl sites for hydroxylation is 1. The topological polar surface area (TPSA) is 96.5 Å². The maximum atomic E-state index is 11.9. The van der Waals surface area contributed by atoms with E-state index in [0.717, 1.165) is 5.56 Å². The summed E-state index contributed by atoms with van der Waals surface area (Å²) in [5.41, 5.74) is 1.97. The second-order valence-electron chi connectivity index (χ2n) is 5.83. The van der Waals surface area contributed by atoms with Crippen molar-refractivity contribution in [3.05, 3.63) is 59.1 Å². The van der Waals surface area contributed by atoms with Crippen molar-refractivity contribution in [2.24, 2.45) is 0 Å². The Hall–Kier alpha value is -3.06. The van der Waals surface area contributed by atoms with Crippen molar-refractivity contribution in [3.8, 4) is 0 Å². The molecule has 2 rings (SSSR count). The molecule has 0 fully saturated rings. The van der Waals surface area contributed by atoms with Gasteiger partial charge in [-0.2, -0.15) is 0 Å². The van der Waals surface area contributed by atoms with Gasteiger partial charge in [0.2, 0.25) is 0 Å². The van der Waals surface area contributed by atoms with Crippen molar-refractivity contribution in [1.82, 2.24) is 5.32 Å². The Labute approximate surface area is 162 Å². The standard InChI is InChI=1S/C19H20ClN3O4/c1-12-8-9-16(15(20)10-12)23-17(24)11-27-18(25)13(2)21-19(26)22-14-6-4-3-5-7-14/h3-10,13H,11H2,1-2H3,(H,23,24)(H2,21,22,26)/t13-/m0/s1. The van der Waals surface area contributed by atoms with Crippen LogP contribution in [0.15, 0.2) is 48.5 Å². The number of esters is 1. The third kappa shape index (κ3) is 6.63. The summed E-state index contributed by atoms with van der Waals surface area (Å²) < 4.78 is 4.92. The molecule has 142 valence electrons. The number of benzene rings is 2. The highest BCUT2D eigenvalue weighted by atomic mass is 35.5. The van der Waals surface area contributed by atoms with Gasteiger partial charge < -0.3 is 20.7 Å². The van der Waals surface area contributed by atoms with Crippen molar-refractivity contribution in [3.63, 3.8) is 0 Å². The van der Waals surface area contributed by atoms with Gasteiger partial charge in [0.25, 0.3) is 5.91 Å². The number of nitrogens with one attached hydrogen (secondary N) is 3. The Bertz CT molecular complexity index is 827. The Morgan fingerprint density at radius 2 is 1.78 bits per heavy atom. The summed E-state index contributed by atoms with van der Waals surface area (Å²) in [6, 6.07) is 12.5. The molecule has 0 radical (unpaired) electrons. The van der Waals surface area contributed by atoms with Crippen LogP contribution in [0.1, 0.15) is 12.5 Å². The molecule has 3 amide bonds. The van der Waals surface area contributed by atoms with Gasteiger partial charge in [-0.1, -0.05) is 35.9 Å².